The summed E-state index contributed by atoms with van der Waals surface area (Å²) >= 11 is 0. The first-order valence-electron chi connectivity index (χ1n) is 5.67. The summed E-state index contributed by atoms with van der Waals surface area (Å²) in [7, 11) is 0. The Bertz CT molecular complexity index is 273. The third-order valence-electron chi connectivity index (χ3n) is 2.20. The van der Waals surface area contributed by atoms with Crippen LogP contribution in [0.4, 0.5) is 0 Å². The van der Waals surface area contributed by atoms with Crippen molar-refractivity contribution in [2.24, 2.45) is 0 Å². The molecule has 0 heterocycles. The highest BCUT2D eigenvalue weighted by Crippen LogP contribution is 2.04. The molecule has 0 aliphatic rings. The van der Waals surface area contributed by atoms with Gasteiger partial charge in [0.15, 0.2) is 0 Å². The molecule has 15 heavy (non-hydrogen) atoms. The Morgan fingerprint density at radius 3 is 2.87 bits per heavy atom. The van der Waals surface area contributed by atoms with Gasteiger partial charge in [0.25, 0.3) is 0 Å². The molecule has 0 aromatic heterocycles. The highest BCUT2D eigenvalue weighted by molar-refractivity contribution is 5.21. The Kier molecular flexibility index (Phi) is 6.05. The van der Waals surface area contributed by atoms with Crippen molar-refractivity contribution in [1.82, 2.24) is 5.32 Å². The van der Waals surface area contributed by atoms with Gasteiger partial charge in [-0.25, -0.2) is 0 Å². The quantitative estimate of drug-likeness (QED) is 0.694. The van der Waals surface area contributed by atoms with Crippen molar-refractivity contribution < 1.29 is 4.74 Å². The average Bonchev–Trinajstić information content (AvgIpc) is 2.23. The van der Waals surface area contributed by atoms with E-state index < -0.39 is 0 Å². The maximum atomic E-state index is 5.56. The van der Waals surface area contributed by atoms with Crippen LogP contribution in [0.15, 0.2) is 24.3 Å². The molecule has 1 aromatic carbocycles. The van der Waals surface area contributed by atoms with Gasteiger partial charge in [-0.05, 0) is 25.5 Å². The summed E-state index contributed by atoms with van der Waals surface area (Å²) in [5.74, 6) is 0. The second kappa shape index (κ2) is 7.43. The Balaban J connectivity index is 2.10. The van der Waals surface area contributed by atoms with Crippen molar-refractivity contribution >= 4 is 0 Å². The maximum Gasteiger partial charge on any atom is 0.0717 e. The van der Waals surface area contributed by atoms with Crippen LogP contribution in [0, 0.1) is 6.92 Å². The van der Waals surface area contributed by atoms with Gasteiger partial charge in [-0.2, -0.15) is 0 Å². The number of hydrogen-bond donors (Lipinski definition) is 1. The van der Waals surface area contributed by atoms with Crippen molar-refractivity contribution in [3.05, 3.63) is 35.4 Å². The standard InChI is InChI=1S/C13H21NO/c1-3-7-14-8-9-15-11-13-6-4-5-12(2)10-13/h4-6,10,14H,3,7-9,11H2,1-2H3. The van der Waals surface area contributed by atoms with E-state index >= 15 is 0 Å². The van der Waals surface area contributed by atoms with E-state index in [1.807, 2.05) is 0 Å². The largest absolute Gasteiger partial charge is 0.375 e. The third-order valence-corrected chi connectivity index (χ3v) is 2.20. The lowest BCUT2D eigenvalue weighted by molar-refractivity contribution is 0.123. The summed E-state index contributed by atoms with van der Waals surface area (Å²) in [6.07, 6.45) is 1.18. The lowest BCUT2D eigenvalue weighted by Crippen LogP contribution is -2.20. The van der Waals surface area contributed by atoms with Crippen molar-refractivity contribution in [1.29, 1.82) is 0 Å². The number of hydrogen-bond acceptors (Lipinski definition) is 2. The number of benzene rings is 1. The maximum absolute atomic E-state index is 5.56. The number of ether oxygens (including phenoxy) is 1. The fourth-order valence-electron chi connectivity index (χ4n) is 1.44. The van der Waals surface area contributed by atoms with Crippen molar-refractivity contribution in [2.75, 3.05) is 19.7 Å². The normalized spacial score (nSPS) is 10.5. The van der Waals surface area contributed by atoms with Gasteiger partial charge in [-0.1, -0.05) is 36.8 Å². The summed E-state index contributed by atoms with van der Waals surface area (Å²) in [4.78, 5) is 0. The second-order valence-corrected chi connectivity index (χ2v) is 3.79. The molecule has 0 aliphatic heterocycles. The lowest BCUT2D eigenvalue weighted by atomic mass is 10.1. The Labute approximate surface area is 92.6 Å². The van der Waals surface area contributed by atoms with Crippen LogP contribution in [-0.4, -0.2) is 19.7 Å². The highest BCUT2D eigenvalue weighted by atomic mass is 16.5. The fourth-order valence-corrected chi connectivity index (χ4v) is 1.44. The molecule has 0 saturated carbocycles. The minimum Gasteiger partial charge on any atom is -0.375 e. The van der Waals surface area contributed by atoms with Crippen LogP contribution in [-0.2, 0) is 11.3 Å². The summed E-state index contributed by atoms with van der Waals surface area (Å²) in [5.41, 5.74) is 2.55. The minimum atomic E-state index is 0.718. The van der Waals surface area contributed by atoms with E-state index in [-0.39, 0.29) is 0 Å². The number of rotatable bonds is 7. The first kappa shape index (κ1) is 12.2. The van der Waals surface area contributed by atoms with Crippen LogP contribution in [0.3, 0.4) is 0 Å². The minimum absolute atomic E-state index is 0.718. The zero-order valence-corrected chi connectivity index (χ0v) is 9.75. The Hall–Kier alpha value is -0.860. The van der Waals surface area contributed by atoms with Gasteiger partial charge in [0.1, 0.15) is 0 Å². The number of aryl methyl sites for hydroxylation is 1. The predicted molar refractivity (Wildman–Crippen MR) is 64.0 cm³/mol. The van der Waals surface area contributed by atoms with Crippen LogP contribution >= 0.6 is 0 Å². The van der Waals surface area contributed by atoms with Gasteiger partial charge < -0.3 is 10.1 Å². The summed E-state index contributed by atoms with van der Waals surface area (Å²) in [6.45, 7) is 7.80. The van der Waals surface area contributed by atoms with Gasteiger partial charge in [-0.3, -0.25) is 0 Å². The van der Waals surface area contributed by atoms with Crippen molar-refractivity contribution in [3.8, 4) is 0 Å². The number of nitrogens with one attached hydrogen (secondary N) is 1. The molecule has 0 atom stereocenters. The van der Waals surface area contributed by atoms with E-state index in [9.17, 15) is 0 Å². The molecule has 0 fully saturated rings. The molecule has 0 spiro atoms. The molecule has 1 aromatic rings. The average molecular weight is 207 g/mol. The second-order valence-electron chi connectivity index (χ2n) is 3.79. The van der Waals surface area contributed by atoms with Gasteiger partial charge in [0.2, 0.25) is 0 Å². The molecule has 0 bridgehead atoms. The molecule has 84 valence electrons. The third kappa shape index (κ3) is 5.55. The highest BCUT2D eigenvalue weighted by Gasteiger charge is 1.93. The molecule has 2 heteroatoms. The topological polar surface area (TPSA) is 21.3 Å². The lowest BCUT2D eigenvalue weighted by Gasteiger charge is -2.05. The Morgan fingerprint density at radius 2 is 2.13 bits per heavy atom. The smallest absolute Gasteiger partial charge is 0.0717 e. The van der Waals surface area contributed by atoms with Crippen LogP contribution in [0.1, 0.15) is 24.5 Å². The van der Waals surface area contributed by atoms with Crippen LogP contribution < -0.4 is 5.32 Å². The summed E-state index contributed by atoms with van der Waals surface area (Å²) in [5, 5.41) is 3.31. The molecule has 1 N–H and O–H groups in total. The van der Waals surface area contributed by atoms with E-state index in [0.29, 0.717) is 0 Å². The molecule has 0 unspecified atom stereocenters. The van der Waals surface area contributed by atoms with Crippen molar-refractivity contribution in [2.45, 2.75) is 26.9 Å². The van der Waals surface area contributed by atoms with Gasteiger partial charge >= 0.3 is 0 Å². The van der Waals surface area contributed by atoms with Crippen LogP contribution in [0.25, 0.3) is 0 Å². The molecule has 0 amide bonds. The fraction of sp³-hybridized carbons (Fsp3) is 0.538. The molecule has 2 nitrogen and oxygen atoms in total. The SMILES string of the molecule is CCCNCCOCc1cccc(C)c1. The zero-order chi connectivity index (χ0) is 10.9. The molecule has 0 radical (unpaired) electrons. The molecule has 0 aliphatic carbocycles. The first-order valence-corrected chi connectivity index (χ1v) is 5.67. The van der Waals surface area contributed by atoms with E-state index in [2.05, 4.69) is 43.4 Å². The van der Waals surface area contributed by atoms with E-state index in [4.69, 9.17) is 4.74 Å². The molecule has 1 rings (SSSR count). The molecular formula is C13H21NO. The molecular weight excluding hydrogens is 186 g/mol. The van der Waals surface area contributed by atoms with E-state index in [1.54, 1.807) is 0 Å². The zero-order valence-electron chi connectivity index (χ0n) is 9.75. The molecule has 0 saturated heterocycles. The predicted octanol–water partition coefficient (Wildman–Crippen LogP) is 2.51. The summed E-state index contributed by atoms with van der Waals surface area (Å²) < 4.78 is 5.56. The van der Waals surface area contributed by atoms with Gasteiger partial charge in [0.05, 0.1) is 13.2 Å². The van der Waals surface area contributed by atoms with Crippen molar-refractivity contribution in [3.63, 3.8) is 0 Å². The van der Waals surface area contributed by atoms with E-state index in [1.165, 1.54) is 17.5 Å². The van der Waals surface area contributed by atoms with Crippen LogP contribution in [0.5, 0.6) is 0 Å². The van der Waals surface area contributed by atoms with Gasteiger partial charge in [-0.15, -0.1) is 0 Å². The monoisotopic (exact) mass is 207 g/mol. The van der Waals surface area contributed by atoms with Gasteiger partial charge in [0, 0.05) is 6.54 Å². The summed E-state index contributed by atoms with van der Waals surface area (Å²) in [6, 6.07) is 8.45. The first-order chi connectivity index (χ1) is 7.33. The van der Waals surface area contributed by atoms with E-state index in [0.717, 1.165) is 26.3 Å². The van der Waals surface area contributed by atoms with Crippen LogP contribution in [0.2, 0.25) is 0 Å². The Morgan fingerprint density at radius 1 is 1.27 bits per heavy atom.